The summed E-state index contributed by atoms with van der Waals surface area (Å²) in [4.78, 5) is 0. The lowest BCUT2D eigenvalue weighted by molar-refractivity contribution is 0.375. The van der Waals surface area contributed by atoms with Crippen molar-refractivity contribution >= 4 is 0 Å². The van der Waals surface area contributed by atoms with E-state index in [0.29, 0.717) is 12.0 Å². The Kier molecular flexibility index (Phi) is 3.57. The molecule has 0 bridgehead atoms. The summed E-state index contributed by atoms with van der Waals surface area (Å²) in [6.07, 6.45) is 1.06. The van der Waals surface area contributed by atoms with Crippen molar-refractivity contribution in [1.82, 2.24) is 20.2 Å². The lowest BCUT2D eigenvalue weighted by Crippen LogP contribution is -2.18. The second kappa shape index (κ2) is 4.50. The molecule has 5 nitrogen and oxygen atoms in total. The molecule has 1 aromatic rings. The van der Waals surface area contributed by atoms with Gasteiger partial charge in [0.25, 0.3) is 0 Å². The van der Waals surface area contributed by atoms with Gasteiger partial charge in [-0.1, -0.05) is 13.8 Å². The summed E-state index contributed by atoms with van der Waals surface area (Å²) in [5.41, 5.74) is 5.76. The molecule has 0 aromatic carbocycles. The van der Waals surface area contributed by atoms with Crippen LogP contribution in [0.3, 0.4) is 0 Å². The number of hydrogen-bond acceptors (Lipinski definition) is 4. The first kappa shape index (κ1) is 11.1. The highest BCUT2D eigenvalue weighted by Gasteiger charge is 2.16. The molecule has 0 aliphatic carbocycles. The van der Waals surface area contributed by atoms with E-state index in [1.807, 2.05) is 11.6 Å². The summed E-state index contributed by atoms with van der Waals surface area (Å²) < 4.78 is 1.82. The number of hydrogen-bond donors (Lipinski definition) is 1. The van der Waals surface area contributed by atoms with E-state index in [0.717, 1.165) is 12.2 Å². The number of tetrazole rings is 1. The lowest BCUT2D eigenvalue weighted by Gasteiger charge is -2.16. The first-order valence-electron chi connectivity index (χ1n) is 5.05. The Hall–Kier alpha value is -0.970. The van der Waals surface area contributed by atoms with Crippen LogP contribution in [0, 0.1) is 5.92 Å². The Morgan fingerprint density at radius 2 is 1.93 bits per heavy atom. The van der Waals surface area contributed by atoms with E-state index in [4.69, 9.17) is 5.73 Å². The maximum Gasteiger partial charge on any atom is 0.167 e. The van der Waals surface area contributed by atoms with E-state index >= 15 is 0 Å². The summed E-state index contributed by atoms with van der Waals surface area (Å²) in [7, 11) is 0. The average molecular weight is 197 g/mol. The first-order valence-corrected chi connectivity index (χ1v) is 5.05. The number of rotatable bonds is 4. The molecule has 0 aliphatic rings. The van der Waals surface area contributed by atoms with Gasteiger partial charge in [-0.05, 0) is 36.6 Å². The fraction of sp³-hybridized carbons (Fsp3) is 0.889. The molecule has 0 fully saturated rings. The van der Waals surface area contributed by atoms with E-state index in [9.17, 15) is 0 Å². The van der Waals surface area contributed by atoms with Gasteiger partial charge < -0.3 is 5.73 Å². The Morgan fingerprint density at radius 3 is 2.43 bits per heavy atom. The van der Waals surface area contributed by atoms with Crippen molar-refractivity contribution in [2.24, 2.45) is 11.7 Å². The van der Waals surface area contributed by atoms with Crippen molar-refractivity contribution in [1.29, 1.82) is 0 Å². The summed E-state index contributed by atoms with van der Waals surface area (Å²) in [6, 6.07) is 0.200. The smallest absolute Gasteiger partial charge is 0.167 e. The van der Waals surface area contributed by atoms with Crippen LogP contribution in [0.1, 0.15) is 52.0 Å². The Balaban J connectivity index is 2.78. The molecule has 2 atom stereocenters. The van der Waals surface area contributed by atoms with E-state index in [2.05, 4.69) is 36.3 Å². The van der Waals surface area contributed by atoms with Crippen LogP contribution < -0.4 is 5.73 Å². The van der Waals surface area contributed by atoms with Gasteiger partial charge in [0, 0.05) is 0 Å². The first-order chi connectivity index (χ1) is 6.52. The van der Waals surface area contributed by atoms with Gasteiger partial charge in [0.1, 0.15) is 0 Å². The van der Waals surface area contributed by atoms with E-state index in [-0.39, 0.29) is 6.04 Å². The summed E-state index contributed by atoms with van der Waals surface area (Å²) >= 11 is 0. The van der Waals surface area contributed by atoms with Crippen LogP contribution in [0.15, 0.2) is 0 Å². The minimum atomic E-state index is -0.111. The van der Waals surface area contributed by atoms with Crippen LogP contribution >= 0.6 is 0 Å². The van der Waals surface area contributed by atoms with Crippen LogP contribution in [0.5, 0.6) is 0 Å². The predicted molar refractivity (Wildman–Crippen MR) is 54.6 cm³/mol. The molecule has 2 N–H and O–H groups in total. The lowest BCUT2D eigenvalue weighted by atomic mass is 10.1. The molecule has 0 spiro atoms. The van der Waals surface area contributed by atoms with E-state index in [1.165, 1.54) is 0 Å². The molecule has 0 radical (unpaired) electrons. The molecule has 0 amide bonds. The van der Waals surface area contributed by atoms with Crippen LogP contribution in [0.4, 0.5) is 0 Å². The summed E-state index contributed by atoms with van der Waals surface area (Å²) in [6.45, 7) is 8.38. The van der Waals surface area contributed by atoms with Gasteiger partial charge >= 0.3 is 0 Å². The molecule has 14 heavy (non-hydrogen) atoms. The van der Waals surface area contributed by atoms with Gasteiger partial charge in [0.05, 0.1) is 12.1 Å². The van der Waals surface area contributed by atoms with Crippen LogP contribution in [0.25, 0.3) is 0 Å². The SMILES string of the molecule is CC(C)CC(C)n1nnnc1C(C)N. The van der Waals surface area contributed by atoms with Crippen LogP contribution in [-0.2, 0) is 0 Å². The van der Waals surface area contributed by atoms with Crippen molar-refractivity contribution in [2.45, 2.75) is 46.2 Å². The maximum absolute atomic E-state index is 5.76. The highest BCUT2D eigenvalue weighted by Crippen LogP contribution is 2.18. The zero-order valence-corrected chi connectivity index (χ0v) is 9.31. The van der Waals surface area contributed by atoms with Gasteiger partial charge in [-0.2, -0.15) is 0 Å². The molecule has 1 heterocycles. The molecule has 1 rings (SSSR count). The summed E-state index contributed by atoms with van der Waals surface area (Å²) in [5, 5.41) is 11.5. The quantitative estimate of drug-likeness (QED) is 0.789. The third kappa shape index (κ3) is 2.51. The number of aromatic nitrogens is 4. The molecular weight excluding hydrogens is 178 g/mol. The molecule has 2 unspecified atom stereocenters. The van der Waals surface area contributed by atoms with Crippen molar-refractivity contribution in [2.75, 3.05) is 0 Å². The molecule has 5 heteroatoms. The van der Waals surface area contributed by atoms with Gasteiger partial charge in [-0.25, -0.2) is 4.68 Å². The third-order valence-electron chi connectivity index (χ3n) is 2.16. The molecule has 1 aromatic heterocycles. The number of nitrogens with two attached hydrogens (primary N) is 1. The minimum absolute atomic E-state index is 0.111. The second-order valence-corrected chi connectivity index (χ2v) is 4.25. The zero-order valence-electron chi connectivity index (χ0n) is 9.31. The standard InChI is InChI=1S/C9H19N5/c1-6(2)5-7(3)14-9(8(4)10)11-12-13-14/h6-8H,5,10H2,1-4H3. The molecule has 80 valence electrons. The fourth-order valence-corrected chi connectivity index (χ4v) is 1.60. The van der Waals surface area contributed by atoms with Crippen molar-refractivity contribution < 1.29 is 0 Å². The normalized spacial score (nSPS) is 15.9. The third-order valence-corrected chi connectivity index (χ3v) is 2.16. The molecule has 0 saturated carbocycles. The average Bonchev–Trinajstić information content (AvgIpc) is 2.49. The molecular formula is C9H19N5. The van der Waals surface area contributed by atoms with Crippen molar-refractivity contribution in [3.05, 3.63) is 5.82 Å². The Labute approximate surface area is 84.7 Å². The maximum atomic E-state index is 5.76. The zero-order chi connectivity index (χ0) is 10.7. The van der Waals surface area contributed by atoms with Gasteiger partial charge in [0.2, 0.25) is 0 Å². The van der Waals surface area contributed by atoms with Crippen LogP contribution in [-0.4, -0.2) is 20.2 Å². The number of nitrogens with zero attached hydrogens (tertiary/aromatic N) is 4. The Morgan fingerprint density at radius 1 is 1.29 bits per heavy atom. The van der Waals surface area contributed by atoms with Gasteiger partial charge in [-0.15, -0.1) is 5.10 Å². The summed E-state index contributed by atoms with van der Waals surface area (Å²) in [5.74, 6) is 1.40. The second-order valence-electron chi connectivity index (χ2n) is 4.25. The van der Waals surface area contributed by atoms with Crippen molar-refractivity contribution in [3.63, 3.8) is 0 Å². The fourth-order valence-electron chi connectivity index (χ4n) is 1.60. The predicted octanol–water partition coefficient (Wildman–Crippen LogP) is 1.30. The van der Waals surface area contributed by atoms with E-state index < -0.39 is 0 Å². The van der Waals surface area contributed by atoms with E-state index in [1.54, 1.807) is 0 Å². The molecule has 0 saturated heterocycles. The minimum Gasteiger partial charge on any atom is -0.322 e. The highest BCUT2D eigenvalue weighted by molar-refractivity contribution is 4.89. The van der Waals surface area contributed by atoms with Crippen LogP contribution in [0.2, 0.25) is 0 Å². The monoisotopic (exact) mass is 197 g/mol. The van der Waals surface area contributed by atoms with Crippen molar-refractivity contribution in [3.8, 4) is 0 Å². The highest BCUT2D eigenvalue weighted by atomic mass is 15.6. The largest absolute Gasteiger partial charge is 0.322 e. The van der Waals surface area contributed by atoms with Gasteiger partial charge in [0.15, 0.2) is 5.82 Å². The Bertz CT molecular complexity index is 278. The topological polar surface area (TPSA) is 69.6 Å². The van der Waals surface area contributed by atoms with Gasteiger partial charge in [-0.3, -0.25) is 0 Å². The molecule has 0 aliphatic heterocycles.